The minimum Gasteiger partial charge on any atom is -0.451 e. The SMILES string of the molecule is Bc1ccc2oc3c(C#N)nc(C#N)nc3c2c1. The Bertz CT molecular complexity index is 870. The Morgan fingerprint density at radius 2 is 2.00 bits per heavy atom. The molecule has 2 aromatic heterocycles. The molecule has 0 N–H and O–H groups in total. The van der Waals surface area contributed by atoms with Crippen molar-refractivity contribution in [1.82, 2.24) is 9.97 Å². The summed E-state index contributed by atoms with van der Waals surface area (Å²) in [7, 11) is 1.95. The highest BCUT2D eigenvalue weighted by Gasteiger charge is 2.15. The molecule has 0 amide bonds. The van der Waals surface area contributed by atoms with Gasteiger partial charge in [-0.25, -0.2) is 9.97 Å². The smallest absolute Gasteiger partial charge is 0.234 e. The lowest BCUT2D eigenvalue weighted by molar-refractivity contribution is 0.663. The third-order valence-electron chi connectivity index (χ3n) is 2.67. The van der Waals surface area contributed by atoms with Gasteiger partial charge in [0.2, 0.25) is 5.82 Å². The van der Waals surface area contributed by atoms with Crippen LogP contribution in [0.15, 0.2) is 22.6 Å². The minimum atomic E-state index is -0.0248. The summed E-state index contributed by atoms with van der Waals surface area (Å²) in [6, 6.07) is 9.42. The van der Waals surface area contributed by atoms with Gasteiger partial charge in [0, 0.05) is 5.39 Å². The molecule has 0 spiro atoms. The first kappa shape index (κ1) is 10.3. The van der Waals surface area contributed by atoms with E-state index in [1.165, 1.54) is 0 Å². The van der Waals surface area contributed by atoms with Crippen LogP contribution in [0.5, 0.6) is 0 Å². The van der Waals surface area contributed by atoms with E-state index >= 15 is 0 Å². The maximum atomic E-state index is 9.03. The Kier molecular flexibility index (Phi) is 2.05. The van der Waals surface area contributed by atoms with E-state index in [1.807, 2.05) is 38.2 Å². The fourth-order valence-electron chi connectivity index (χ4n) is 1.88. The van der Waals surface area contributed by atoms with Gasteiger partial charge >= 0.3 is 0 Å². The van der Waals surface area contributed by atoms with Crippen LogP contribution in [0.1, 0.15) is 11.5 Å². The third-order valence-corrected chi connectivity index (χ3v) is 2.67. The summed E-state index contributed by atoms with van der Waals surface area (Å²) < 4.78 is 5.57. The number of rotatable bonds is 0. The summed E-state index contributed by atoms with van der Waals surface area (Å²) in [4.78, 5) is 7.94. The highest BCUT2D eigenvalue weighted by molar-refractivity contribution is 6.33. The van der Waals surface area contributed by atoms with Crippen LogP contribution in [-0.2, 0) is 0 Å². The summed E-state index contributed by atoms with van der Waals surface area (Å²) in [5.74, 6) is -0.0248. The fourth-order valence-corrected chi connectivity index (χ4v) is 1.88. The molecule has 3 aromatic rings. The zero-order chi connectivity index (χ0) is 12.7. The Hall–Kier alpha value is -2.86. The second kappa shape index (κ2) is 3.58. The average molecular weight is 232 g/mol. The summed E-state index contributed by atoms with van der Waals surface area (Å²) in [5, 5.41) is 18.7. The predicted molar refractivity (Wildman–Crippen MR) is 66.9 cm³/mol. The molecule has 18 heavy (non-hydrogen) atoms. The topological polar surface area (TPSA) is 86.5 Å². The normalized spacial score (nSPS) is 10.3. The van der Waals surface area contributed by atoms with E-state index < -0.39 is 0 Å². The maximum absolute atomic E-state index is 9.03. The first-order valence-electron chi connectivity index (χ1n) is 5.24. The number of furan rings is 1. The van der Waals surface area contributed by atoms with Crippen LogP contribution < -0.4 is 5.46 Å². The molecular weight excluding hydrogens is 227 g/mol. The first-order valence-corrected chi connectivity index (χ1v) is 5.24. The number of fused-ring (bicyclic) bond motifs is 3. The standard InChI is InChI=1S/C12H5BN4O/c13-6-1-2-9-7(3-6)11-12(18-9)8(4-14)16-10(5-15)17-11/h1-3H,13H2. The molecule has 0 saturated heterocycles. The van der Waals surface area contributed by atoms with Gasteiger partial charge in [-0.3, -0.25) is 0 Å². The summed E-state index contributed by atoms with van der Waals surface area (Å²) in [5.41, 5.74) is 2.62. The zero-order valence-electron chi connectivity index (χ0n) is 9.43. The van der Waals surface area contributed by atoms with Gasteiger partial charge in [-0.2, -0.15) is 10.5 Å². The second-order valence-corrected chi connectivity index (χ2v) is 3.90. The quantitative estimate of drug-likeness (QED) is 0.523. The molecule has 0 radical (unpaired) electrons. The van der Waals surface area contributed by atoms with Gasteiger partial charge in [-0.1, -0.05) is 17.6 Å². The number of nitriles is 2. The molecule has 0 saturated carbocycles. The molecule has 0 bridgehead atoms. The highest BCUT2D eigenvalue weighted by Crippen LogP contribution is 2.27. The minimum absolute atomic E-state index is 0.0248. The monoisotopic (exact) mass is 232 g/mol. The number of nitrogens with zero attached hydrogens (tertiary/aromatic N) is 4. The molecule has 3 rings (SSSR count). The van der Waals surface area contributed by atoms with Crippen LogP contribution in [0.2, 0.25) is 0 Å². The number of benzene rings is 1. The van der Waals surface area contributed by atoms with Crippen LogP contribution >= 0.6 is 0 Å². The van der Waals surface area contributed by atoms with Crippen molar-refractivity contribution in [2.45, 2.75) is 0 Å². The van der Waals surface area contributed by atoms with Gasteiger partial charge in [0.25, 0.3) is 0 Å². The zero-order valence-corrected chi connectivity index (χ0v) is 9.43. The van der Waals surface area contributed by atoms with E-state index in [0.29, 0.717) is 16.7 Å². The van der Waals surface area contributed by atoms with E-state index in [9.17, 15) is 0 Å². The van der Waals surface area contributed by atoms with Crippen LogP contribution in [0.4, 0.5) is 0 Å². The summed E-state index contributed by atoms with van der Waals surface area (Å²) in [6.07, 6.45) is 0. The molecule has 0 unspecified atom stereocenters. The molecule has 6 heteroatoms. The van der Waals surface area contributed by atoms with Crippen molar-refractivity contribution < 1.29 is 4.42 Å². The van der Waals surface area contributed by atoms with Gasteiger partial charge in [0.15, 0.2) is 11.3 Å². The number of hydrogen-bond donors (Lipinski definition) is 0. The van der Waals surface area contributed by atoms with Gasteiger partial charge in [0.1, 0.15) is 31.1 Å². The Morgan fingerprint density at radius 3 is 2.72 bits per heavy atom. The lowest BCUT2D eigenvalue weighted by atomic mass is 9.95. The lowest BCUT2D eigenvalue weighted by Gasteiger charge is -1.92. The second-order valence-electron chi connectivity index (χ2n) is 3.90. The highest BCUT2D eigenvalue weighted by atomic mass is 16.3. The van der Waals surface area contributed by atoms with Gasteiger partial charge in [-0.15, -0.1) is 0 Å². The predicted octanol–water partition coefficient (Wildman–Crippen LogP) is 0.378. The largest absolute Gasteiger partial charge is 0.451 e. The molecule has 2 heterocycles. The van der Waals surface area contributed by atoms with Crippen LogP contribution in [0.3, 0.4) is 0 Å². The Balaban J connectivity index is 2.57. The summed E-state index contributed by atoms with van der Waals surface area (Å²) in [6.45, 7) is 0. The molecule has 0 aliphatic heterocycles. The first-order chi connectivity index (χ1) is 8.72. The fraction of sp³-hybridized carbons (Fsp3) is 0. The van der Waals surface area contributed by atoms with Crippen molar-refractivity contribution in [2.24, 2.45) is 0 Å². The average Bonchev–Trinajstić information content (AvgIpc) is 2.75. The summed E-state index contributed by atoms with van der Waals surface area (Å²) >= 11 is 0. The van der Waals surface area contributed by atoms with Crippen molar-refractivity contribution >= 4 is 35.4 Å². The number of hydrogen-bond acceptors (Lipinski definition) is 5. The van der Waals surface area contributed by atoms with E-state index in [2.05, 4.69) is 9.97 Å². The molecule has 1 aromatic carbocycles. The van der Waals surface area contributed by atoms with Gasteiger partial charge < -0.3 is 4.42 Å². The van der Waals surface area contributed by atoms with Crippen LogP contribution in [0.25, 0.3) is 22.1 Å². The van der Waals surface area contributed by atoms with E-state index in [1.54, 1.807) is 0 Å². The van der Waals surface area contributed by atoms with E-state index in [0.717, 1.165) is 10.8 Å². The Morgan fingerprint density at radius 1 is 1.17 bits per heavy atom. The van der Waals surface area contributed by atoms with Crippen LogP contribution in [0, 0.1) is 22.7 Å². The van der Waals surface area contributed by atoms with Crippen molar-refractivity contribution in [2.75, 3.05) is 0 Å². The molecular formula is C12H5BN4O. The molecule has 5 nitrogen and oxygen atoms in total. The molecule has 82 valence electrons. The molecule has 0 fully saturated rings. The van der Waals surface area contributed by atoms with E-state index in [-0.39, 0.29) is 11.5 Å². The molecule has 0 aliphatic carbocycles. The maximum Gasteiger partial charge on any atom is 0.234 e. The third kappa shape index (κ3) is 1.33. The molecule has 0 atom stereocenters. The van der Waals surface area contributed by atoms with Crippen molar-refractivity contribution in [3.8, 4) is 12.1 Å². The van der Waals surface area contributed by atoms with Gasteiger partial charge in [-0.05, 0) is 6.07 Å². The van der Waals surface area contributed by atoms with Gasteiger partial charge in [0.05, 0.1) is 0 Å². The van der Waals surface area contributed by atoms with Crippen molar-refractivity contribution in [1.29, 1.82) is 10.5 Å². The van der Waals surface area contributed by atoms with Crippen molar-refractivity contribution in [3.63, 3.8) is 0 Å². The van der Waals surface area contributed by atoms with E-state index in [4.69, 9.17) is 14.9 Å². The molecule has 0 aliphatic rings. The number of aromatic nitrogens is 2. The lowest BCUT2D eigenvalue weighted by Crippen LogP contribution is -1.99. The van der Waals surface area contributed by atoms with Crippen LogP contribution in [-0.4, -0.2) is 17.8 Å². The Labute approximate surface area is 103 Å². The van der Waals surface area contributed by atoms with Crippen molar-refractivity contribution in [3.05, 3.63) is 29.7 Å².